The number of carbonyl (C=O) groups excluding carboxylic acids is 1. The summed E-state index contributed by atoms with van der Waals surface area (Å²) in [5.74, 6) is 2.40. The Hall–Kier alpha value is -2.74. The standard InChI is InChI=1S/C17H16N4O3S/c1-21-16(15-9-23-13-6-2-3-7-14(13)24-15)19-20-17(21)25-10-12(22)11-5-4-8-18-11/h2-8,15,18H,9-10H2,1H3. The summed E-state index contributed by atoms with van der Waals surface area (Å²) in [5.41, 5.74) is 0.593. The second-order valence-electron chi connectivity index (χ2n) is 5.56. The fourth-order valence-electron chi connectivity index (χ4n) is 2.59. The third-order valence-corrected chi connectivity index (χ3v) is 4.92. The zero-order chi connectivity index (χ0) is 17.2. The van der Waals surface area contributed by atoms with Gasteiger partial charge in [-0.15, -0.1) is 10.2 Å². The Bertz CT molecular complexity index is 891. The Morgan fingerprint density at radius 1 is 1.28 bits per heavy atom. The SMILES string of the molecule is Cn1c(SCC(=O)c2ccc[nH]2)nnc1C1COc2ccccc2O1. The van der Waals surface area contributed by atoms with Crippen LogP contribution < -0.4 is 9.47 Å². The van der Waals surface area contributed by atoms with Crippen LogP contribution in [0.25, 0.3) is 0 Å². The van der Waals surface area contributed by atoms with E-state index in [0.717, 1.165) is 5.75 Å². The van der Waals surface area contributed by atoms with Crippen molar-refractivity contribution >= 4 is 17.5 Å². The summed E-state index contributed by atoms with van der Waals surface area (Å²) in [6.07, 6.45) is 1.40. The second kappa shape index (κ2) is 6.64. The molecule has 128 valence electrons. The molecule has 0 bridgehead atoms. The van der Waals surface area contributed by atoms with Gasteiger partial charge in [-0.25, -0.2) is 0 Å². The normalized spacial score (nSPS) is 16.0. The predicted molar refractivity (Wildman–Crippen MR) is 92.2 cm³/mol. The largest absolute Gasteiger partial charge is 0.485 e. The summed E-state index contributed by atoms with van der Waals surface area (Å²) in [6.45, 7) is 0.370. The van der Waals surface area contributed by atoms with E-state index in [1.54, 1.807) is 18.3 Å². The van der Waals surface area contributed by atoms with E-state index < -0.39 is 0 Å². The van der Waals surface area contributed by atoms with Gasteiger partial charge in [-0.05, 0) is 24.3 Å². The van der Waals surface area contributed by atoms with Gasteiger partial charge in [0.15, 0.2) is 34.4 Å². The molecule has 3 heterocycles. The average molecular weight is 356 g/mol. The van der Waals surface area contributed by atoms with E-state index in [9.17, 15) is 4.79 Å². The number of carbonyl (C=O) groups is 1. The number of fused-ring (bicyclic) bond motifs is 1. The van der Waals surface area contributed by atoms with Crippen LogP contribution in [0.1, 0.15) is 22.4 Å². The summed E-state index contributed by atoms with van der Waals surface area (Å²) < 4.78 is 13.5. The number of aromatic nitrogens is 4. The molecule has 0 aliphatic carbocycles. The Morgan fingerprint density at radius 3 is 2.92 bits per heavy atom. The maximum absolute atomic E-state index is 12.1. The molecular weight excluding hydrogens is 340 g/mol. The number of hydrogen-bond donors (Lipinski definition) is 1. The lowest BCUT2D eigenvalue weighted by molar-refractivity contribution is 0.0825. The van der Waals surface area contributed by atoms with Gasteiger partial charge in [-0.1, -0.05) is 23.9 Å². The van der Waals surface area contributed by atoms with Crippen LogP contribution in [0.3, 0.4) is 0 Å². The maximum atomic E-state index is 12.1. The number of ether oxygens (including phenoxy) is 2. The van der Waals surface area contributed by atoms with Crippen LogP contribution in [0.2, 0.25) is 0 Å². The Kier molecular flexibility index (Phi) is 4.19. The number of nitrogens with one attached hydrogen (secondary N) is 1. The molecule has 0 radical (unpaired) electrons. The number of para-hydroxylation sites is 2. The minimum atomic E-state index is -0.333. The van der Waals surface area contributed by atoms with E-state index in [0.29, 0.717) is 29.0 Å². The van der Waals surface area contributed by atoms with Crippen molar-refractivity contribution in [3.63, 3.8) is 0 Å². The first-order valence-corrected chi connectivity index (χ1v) is 8.78. The second-order valence-corrected chi connectivity index (χ2v) is 6.50. The summed E-state index contributed by atoms with van der Waals surface area (Å²) in [5, 5.41) is 9.06. The number of nitrogens with zero attached hydrogens (tertiary/aromatic N) is 3. The minimum absolute atomic E-state index is 0.0192. The molecule has 1 aromatic carbocycles. The lowest BCUT2D eigenvalue weighted by atomic mass is 10.2. The Morgan fingerprint density at radius 2 is 2.12 bits per heavy atom. The highest BCUT2D eigenvalue weighted by Crippen LogP contribution is 2.35. The van der Waals surface area contributed by atoms with Crippen molar-refractivity contribution in [1.29, 1.82) is 0 Å². The zero-order valence-corrected chi connectivity index (χ0v) is 14.3. The van der Waals surface area contributed by atoms with Gasteiger partial charge in [0.1, 0.15) is 6.61 Å². The summed E-state index contributed by atoms with van der Waals surface area (Å²) in [4.78, 5) is 15.0. The third-order valence-electron chi connectivity index (χ3n) is 3.90. The van der Waals surface area contributed by atoms with Crippen molar-refractivity contribution in [3.8, 4) is 11.5 Å². The fraction of sp³-hybridized carbons (Fsp3) is 0.235. The number of Topliss-reactive ketones (excluding diaryl/α,β-unsaturated/α-hetero) is 1. The summed E-state index contributed by atoms with van der Waals surface area (Å²) >= 11 is 1.35. The summed E-state index contributed by atoms with van der Waals surface area (Å²) in [6, 6.07) is 11.1. The summed E-state index contributed by atoms with van der Waals surface area (Å²) in [7, 11) is 1.86. The molecule has 1 N–H and O–H groups in total. The van der Waals surface area contributed by atoms with Crippen molar-refractivity contribution in [2.24, 2.45) is 7.05 Å². The van der Waals surface area contributed by atoms with Gasteiger partial charge in [0.2, 0.25) is 0 Å². The van der Waals surface area contributed by atoms with E-state index in [1.807, 2.05) is 35.9 Å². The Balaban J connectivity index is 1.45. The average Bonchev–Trinajstić information content (AvgIpc) is 3.29. The van der Waals surface area contributed by atoms with Crippen LogP contribution in [0.4, 0.5) is 0 Å². The fourth-order valence-corrected chi connectivity index (χ4v) is 3.39. The molecule has 1 aliphatic rings. The lowest BCUT2D eigenvalue weighted by Gasteiger charge is -2.25. The van der Waals surface area contributed by atoms with E-state index in [4.69, 9.17) is 9.47 Å². The topological polar surface area (TPSA) is 82.0 Å². The first kappa shape index (κ1) is 15.8. The minimum Gasteiger partial charge on any atom is -0.485 e. The number of aromatic amines is 1. The van der Waals surface area contributed by atoms with Crippen molar-refractivity contribution < 1.29 is 14.3 Å². The number of rotatable bonds is 5. The van der Waals surface area contributed by atoms with Gasteiger partial charge >= 0.3 is 0 Å². The van der Waals surface area contributed by atoms with Crippen LogP contribution in [0.15, 0.2) is 47.8 Å². The van der Waals surface area contributed by atoms with E-state index in [1.165, 1.54) is 11.8 Å². The van der Waals surface area contributed by atoms with Crippen molar-refractivity contribution in [2.45, 2.75) is 11.3 Å². The molecule has 4 rings (SSSR count). The van der Waals surface area contributed by atoms with Gasteiger partial charge < -0.3 is 19.0 Å². The first-order chi connectivity index (χ1) is 12.2. The molecule has 0 saturated carbocycles. The van der Waals surface area contributed by atoms with Gasteiger partial charge in [0.25, 0.3) is 0 Å². The van der Waals surface area contributed by atoms with Crippen LogP contribution in [0.5, 0.6) is 11.5 Å². The van der Waals surface area contributed by atoms with Crippen LogP contribution >= 0.6 is 11.8 Å². The number of benzene rings is 1. The van der Waals surface area contributed by atoms with Crippen LogP contribution in [0, 0.1) is 0 Å². The van der Waals surface area contributed by atoms with Crippen molar-refractivity contribution in [1.82, 2.24) is 19.7 Å². The predicted octanol–water partition coefficient (Wildman–Crippen LogP) is 2.63. The molecule has 0 spiro atoms. The number of thioether (sulfide) groups is 1. The van der Waals surface area contributed by atoms with Gasteiger partial charge in [0, 0.05) is 13.2 Å². The Labute approximate surface area is 148 Å². The number of ketones is 1. The number of hydrogen-bond acceptors (Lipinski definition) is 6. The molecule has 1 atom stereocenters. The van der Waals surface area contributed by atoms with Gasteiger partial charge in [-0.3, -0.25) is 4.79 Å². The first-order valence-electron chi connectivity index (χ1n) is 7.79. The molecule has 3 aromatic rings. The zero-order valence-electron chi connectivity index (χ0n) is 13.5. The molecule has 0 saturated heterocycles. The molecule has 25 heavy (non-hydrogen) atoms. The number of H-pyrrole nitrogens is 1. The molecule has 8 heteroatoms. The third kappa shape index (κ3) is 3.12. The maximum Gasteiger partial charge on any atom is 0.192 e. The van der Waals surface area contributed by atoms with E-state index >= 15 is 0 Å². The molecule has 1 unspecified atom stereocenters. The molecular formula is C17H16N4O3S. The van der Waals surface area contributed by atoms with Gasteiger partial charge in [0.05, 0.1) is 11.4 Å². The quantitative estimate of drug-likeness (QED) is 0.559. The highest BCUT2D eigenvalue weighted by molar-refractivity contribution is 7.99. The van der Waals surface area contributed by atoms with E-state index in [2.05, 4.69) is 15.2 Å². The van der Waals surface area contributed by atoms with Gasteiger partial charge in [-0.2, -0.15) is 0 Å². The van der Waals surface area contributed by atoms with Crippen LogP contribution in [-0.4, -0.2) is 37.9 Å². The smallest absolute Gasteiger partial charge is 0.192 e. The molecule has 0 fully saturated rings. The van der Waals surface area contributed by atoms with Crippen LogP contribution in [-0.2, 0) is 7.05 Å². The molecule has 7 nitrogen and oxygen atoms in total. The van der Waals surface area contributed by atoms with Crippen molar-refractivity contribution in [2.75, 3.05) is 12.4 Å². The van der Waals surface area contributed by atoms with Crippen molar-refractivity contribution in [3.05, 3.63) is 54.1 Å². The highest BCUT2D eigenvalue weighted by atomic mass is 32.2. The van der Waals surface area contributed by atoms with E-state index in [-0.39, 0.29) is 17.6 Å². The molecule has 1 aliphatic heterocycles. The molecule has 2 aromatic heterocycles. The monoisotopic (exact) mass is 356 g/mol. The molecule has 0 amide bonds. The lowest BCUT2D eigenvalue weighted by Crippen LogP contribution is -2.24. The highest BCUT2D eigenvalue weighted by Gasteiger charge is 2.27.